The quantitative estimate of drug-likeness (QED) is 0.509. The fraction of sp³-hybridized carbons (Fsp3) is 0.0909. The van der Waals surface area contributed by atoms with Crippen LogP contribution in [0.3, 0.4) is 0 Å². The molecule has 29 heavy (non-hydrogen) atoms. The number of rotatable bonds is 4. The maximum absolute atomic E-state index is 13.1. The standard InChI is InChI=1S/C22H18N6O/c1-2-28-18-12-11-16(14-17(18)25-26-28)22(29)24-21-20(15-8-4-3-5-9-15)23-19-10-6-7-13-27(19)21/h3-14H,2H2,1H3,(H,24,29). The number of nitrogens with zero attached hydrogens (tertiary/aromatic N) is 5. The SMILES string of the molecule is CCn1nnc2cc(C(=O)Nc3c(-c4ccccc4)nc4ccccn34)ccc21. The van der Waals surface area contributed by atoms with E-state index in [1.54, 1.807) is 16.8 Å². The second-order valence-corrected chi connectivity index (χ2v) is 6.67. The molecule has 5 rings (SSSR count). The Morgan fingerprint density at radius 2 is 1.86 bits per heavy atom. The highest BCUT2D eigenvalue weighted by Gasteiger charge is 2.18. The molecule has 3 aromatic heterocycles. The van der Waals surface area contributed by atoms with Crippen LogP contribution in [-0.2, 0) is 6.54 Å². The van der Waals surface area contributed by atoms with Gasteiger partial charge in [-0.3, -0.25) is 9.20 Å². The fourth-order valence-corrected chi connectivity index (χ4v) is 3.44. The number of pyridine rings is 1. The molecule has 2 aromatic carbocycles. The number of aryl methyl sites for hydroxylation is 1. The van der Waals surface area contributed by atoms with Gasteiger partial charge in [-0.2, -0.15) is 0 Å². The Labute approximate surface area is 166 Å². The minimum absolute atomic E-state index is 0.221. The maximum Gasteiger partial charge on any atom is 0.256 e. The smallest absolute Gasteiger partial charge is 0.256 e. The van der Waals surface area contributed by atoms with Crippen molar-refractivity contribution in [1.29, 1.82) is 0 Å². The van der Waals surface area contributed by atoms with Crippen LogP contribution in [0.5, 0.6) is 0 Å². The highest BCUT2D eigenvalue weighted by molar-refractivity contribution is 6.07. The van der Waals surface area contributed by atoms with Crippen LogP contribution in [0.2, 0.25) is 0 Å². The van der Waals surface area contributed by atoms with Gasteiger partial charge in [0, 0.05) is 23.9 Å². The van der Waals surface area contributed by atoms with Crippen molar-refractivity contribution in [2.24, 2.45) is 0 Å². The van der Waals surface area contributed by atoms with Gasteiger partial charge in [0.25, 0.3) is 5.91 Å². The molecule has 0 spiro atoms. The molecule has 7 heteroatoms. The number of carbonyl (C=O) groups excluding carboxylic acids is 1. The predicted molar refractivity (Wildman–Crippen MR) is 112 cm³/mol. The molecule has 142 valence electrons. The Kier molecular flexibility index (Phi) is 4.05. The first-order chi connectivity index (χ1) is 14.2. The summed E-state index contributed by atoms with van der Waals surface area (Å²) in [6, 6.07) is 21.0. The van der Waals surface area contributed by atoms with Crippen LogP contribution in [0.1, 0.15) is 17.3 Å². The average molecular weight is 382 g/mol. The minimum atomic E-state index is -0.221. The number of anilines is 1. The van der Waals surface area contributed by atoms with Crippen molar-refractivity contribution in [2.75, 3.05) is 5.32 Å². The highest BCUT2D eigenvalue weighted by Crippen LogP contribution is 2.29. The lowest BCUT2D eigenvalue weighted by Gasteiger charge is -2.08. The first-order valence-electron chi connectivity index (χ1n) is 9.41. The zero-order valence-corrected chi connectivity index (χ0v) is 15.8. The van der Waals surface area contributed by atoms with Gasteiger partial charge in [0.05, 0.1) is 5.52 Å². The molecule has 0 saturated heterocycles. The molecule has 0 aliphatic rings. The Hall–Kier alpha value is -4.00. The Morgan fingerprint density at radius 1 is 1.03 bits per heavy atom. The lowest BCUT2D eigenvalue weighted by Crippen LogP contribution is -2.14. The number of nitrogens with one attached hydrogen (secondary N) is 1. The summed E-state index contributed by atoms with van der Waals surface area (Å²) in [4.78, 5) is 17.8. The third kappa shape index (κ3) is 2.93. The van der Waals surface area contributed by atoms with E-state index in [4.69, 9.17) is 4.98 Å². The van der Waals surface area contributed by atoms with Crippen molar-refractivity contribution in [3.05, 3.63) is 78.5 Å². The summed E-state index contributed by atoms with van der Waals surface area (Å²) in [7, 11) is 0. The van der Waals surface area contributed by atoms with Crippen molar-refractivity contribution in [1.82, 2.24) is 24.4 Å². The van der Waals surface area contributed by atoms with Gasteiger partial charge in [0.15, 0.2) is 0 Å². The van der Waals surface area contributed by atoms with E-state index in [0.29, 0.717) is 16.9 Å². The van der Waals surface area contributed by atoms with Crippen molar-refractivity contribution < 1.29 is 4.79 Å². The molecule has 3 heterocycles. The summed E-state index contributed by atoms with van der Waals surface area (Å²) in [6.07, 6.45) is 1.89. The van der Waals surface area contributed by atoms with Crippen LogP contribution >= 0.6 is 0 Å². The summed E-state index contributed by atoms with van der Waals surface area (Å²) in [5, 5.41) is 11.3. The zero-order valence-electron chi connectivity index (χ0n) is 15.8. The molecule has 0 atom stereocenters. The number of benzene rings is 2. The number of hydrogen-bond acceptors (Lipinski definition) is 4. The van der Waals surface area contributed by atoms with Crippen LogP contribution in [0.15, 0.2) is 72.9 Å². The van der Waals surface area contributed by atoms with Gasteiger partial charge >= 0.3 is 0 Å². The van der Waals surface area contributed by atoms with Gasteiger partial charge in [0.1, 0.15) is 22.7 Å². The second-order valence-electron chi connectivity index (χ2n) is 6.67. The molecule has 1 amide bonds. The number of hydrogen-bond donors (Lipinski definition) is 1. The van der Waals surface area contributed by atoms with Crippen LogP contribution in [0.25, 0.3) is 27.9 Å². The molecule has 7 nitrogen and oxygen atoms in total. The number of imidazole rings is 1. The predicted octanol–water partition coefficient (Wildman–Crippen LogP) is 4.02. The van der Waals surface area contributed by atoms with Crippen molar-refractivity contribution in [3.63, 3.8) is 0 Å². The third-order valence-electron chi connectivity index (χ3n) is 4.88. The summed E-state index contributed by atoms with van der Waals surface area (Å²) in [5.74, 6) is 0.412. The van der Waals surface area contributed by atoms with E-state index in [1.165, 1.54) is 0 Å². The highest BCUT2D eigenvalue weighted by atomic mass is 16.1. The van der Waals surface area contributed by atoms with Crippen LogP contribution in [0, 0.1) is 0 Å². The Morgan fingerprint density at radius 3 is 2.69 bits per heavy atom. The summed E-state index contributed by atoms with van der Waals surface area (Å²) in [5.41, 5.74) is 4.55. The zero-order chi connectivity index (χ0) is 19.8. The molecule has 1 N–H and O–H groups in total. The van der Waals surface area contributed by atoms with E-state index in [1.807, 2.05) is 72.1 Å². The van der Waals surface area contributed by atoms with Gasteiger partial charge in [-0.05, 0) is 37.3 Å². The Balaban J connectivity index is 1.57. The van der Waals surface area contributed by atoms with Gasteiger partial charge in [0.2, 0.25) is 0 Å². The molecular weight excluding hydrogens is 364 g/mol. The van der Waals surface area contributed by atoms with E-state index in [9.17, 15) is 4.79 Å². The topological polar surface area (TPSA) is 77.1 Å². The maximum atomic E-state index is 13.1. The molecule has 0 fully saturated rings. The fourth-order valence-electron chi connectivity index (χ4n) is 3.44. The monoisotopic (exact) mass is 382 g/mol. The van der Waals surface area contributed by atoms with E-state index in [2.05, 4.69) is 15.6 Å². The molecule has 0 bridgehead atoms. The minimum Gasteiger partial charge on any atom is -0.306 e. The van der Waals surface area contributed by atoms with E-state index in [-0.39, 0.29) is 5.91 Å². The Bertz CT molecular complexity index is 1340. The second kappa shape index (κ2) is 6.87. The lowest BCUT2D eigenvalue weighted by atomic mass is 10.1. The number of carbonyl (C=O) groups is 1. The lowest BCUT2D eigenvalue weighted by molar-refractivity contribution is 0.102. The van der Waals surface area contributed by atoms with E-state index >= 15 is 0 Å². The molecular formula is C22H18N6O. The first-order valence-corrected chi connectivity index (χ1v) is 9.41. The van der Waals surface area contributed by atoms with E-state index in [0.717, 1.165) is 29.0 Å². The van der Waals surface area contributed by atoms with Crippen LogP contribution in [0.4, 0.5) is 5.82 Å². The van der Waals surface area contributed by atoms with Crippen molar-refractivity contribution in [3.8, 4) is 11.3 Å². The number of fused-ring (bicyclic) bond motifs is 2. The number of aromatic nitrogens is 5. The molecule has 0 aliphatic carbocycles. The van der Waals surface area contributed by atoms with Gasteiger partial charge in [-0.15, -0.1) is 5.10 Å². The van der Waals surface area contributed by atoms with E-state index < -0.39 is 0 Å². The normalized spacial score (nSPS) is 11.2. The molecule has 0 unspecified atom stereocenters. The largest absolute Gasteiger partial charge is 0.306 e. The third-order valence-corrected chi connectivity index (χ3v) is 4.88. The van der Waals surface area contributed by atoms with Crippen molar-refractivity contribution in [2.45, 2.75) is 13.5 Å². The van der Waals surface area contributed by atoms with Gasteiger partial charge < -0.3 is 5.32 Å². The molecule has 0 aliphatic heterocycles. The van der Waals surface area contributed by atoms with Gasteiger partial charge in [-0.1, -0.05) is 41.6 Å². The average Bonchev–Trinajstić information content (AvgIpc) is 3.35. The summed E-state index contributed by atoms with van der Waals surface area (Å²) >= 11 is 0. The summed E-state index contributed by atoms with van der Waals surface area (Å²) in [6.45, 7) is 2.73. The molecule has 0 saturated carbocycles. The summed E-state index contributed by atoms with van der Waals surface area (Å²) < 4.78 is 3.68. The van der Waals surface area contributed by atoms with Crippen molar-refractivity contribution >= 4 is 28.4 Å². The number of amides is 1. The van der Waals surface area contributed by atoms with Crippen LogP contribution < -0.4 is 5.32 Å². The molecule has 0 radical (unpaired) electrons. The molecule has 5 aromatic rings. The first kappa shape index (κ1) is 17.1. The van der Waals surface area contributed by atoms with Crippen LogP contribution in [-0.4, -0.2) is 30.3 Å². The van der Waals surface area contributed by atoms with Gasteiger partial charge in [-0.25, -0.2) is 9.67 Å².